The second-order valence-electron chi connectivity index (χ2n) is 9.97. The number of guanidine groups is 1. The van der Waals surface area contributed by atoms with Gasteiger partial charge in [-0.3, -0.25) is 9.79 Å². The number of hydrogen-bond acceptors (Lipinski definition) is 5. The number of nitrogens with one attached hydrogen (secondary N) is 1. The summed E-state index contributed by atoms with van der Waals surface area (Å²) in [7, 11) is 0. The van der Waals surface area contributed by atoms with Crippen molar-refractivity contribution in [1.29, 1.82) is 0 Å². The molecule has 0 aliphatic rings. The molecule has 2 unspecified atom stereocenters. The third-order valence-corrected chi connectivity index (χ3v) is 6.61. The number of aliphatic carboxylic acids is 1. The average molecular weight is 501 g/mol. The number of rotatable bonds is 26. The number of carboxylic acid groups (broad SMARTS) is 1. The fourth-order valence-electron chi connectivity index (χ4n) is 4.31. The number of hydrogen-bond donors (Lipinski definition) is 6. The van der Waals surface area contributed by atoms with Crippen molar-refractivity contribution >= 4 is 11.9 Å². The number of aliphatic hydroxyl groups is 2. The molecular weight excluding hydrogens is 444 g/mol. The van der Waals surface area contributed by atoms with E-state index in [-0.39, 0.29) is 12.5 Å². The molecule has 0 saturated carbocycles. The Balaban J connectivity index is 3.61. The van der Waals surface area contributed by atoms with Crippen molar-refractivity contribution < 1.29 is 20.1 Å². The fourth-order valence-corrected chi connectivity index (χ4v) is 4.31. The highest BCUT2D eigenvalue weighted by molar-refractivity contribution is 5.75. The van der Waals surface area contributed by atoms with E-state index >= 15 is 0 Å². The molecule has 0 aliphatic carbocycles. The molecule has 8 nitrogen and oxygen atoms in total. The van der Waals surface area contributed by atoms with E-state index < -0.39 is 24.2 Å². The maximum atomic E-state index is 11.4. The van der Waals surface area contributed by atoms with E-state index in [0.29, 0.717) is 25.8 Å². The molecule has 0 radical (unpaired) electrons. The van der Waals surface area contributed by atoms with Crippen LogP contribution in [0.2, 0.25) is 0 Å². The maximum Gasteiger partial charge on any atom is 0.320 e. The average Bonchev–Trinajstić information content (AvgIpc) is 2.82. The Morgan fingerprint density at radius 3 is 1.60 bits per heavy atom. The molecule has 8 N–H and O–H groups in total. The third-order valence-electron chi connectivity index (χ3n) is 6.61. The molecule has 3 atom stereocenters. The van der Waals surface area contributed by atoms with E-state index in [1.807, 2.05) is 0 Å². The molecule has 8 heteroatoms. The van der Waals surface area contributed by atoms with Gasteiger partial charge < -0.3 is 32.1 Å². The molecule has 0 fully saturated rings. The van der Waals surface area contributed by atoms with Crippen LogP contribution < -0.4 is 16.8 Å². The first-order chi connectivity index (χ1) is 16.9. The number of nitrogens with zero attached hydrogens (tertiary/aromatic N) is 1. The van der Waals surface area contributed by atoms with Gasteiger partial charge in [0, 0.05) is 13.1 Å². The van der Waals surface area contributed by atoms with Crippen LogP contribution in [-0.2, 0) is 4.79 Å². The first-order valence-corrected chi connectivity index (χ1v) is 14.3. The quantitative estimate of drug-likeness (QED) is 0.0582. The van der Waals surface area contributed by atoms with Crippen molar-refractivity contribution in [3.8, 4) is 0 Å². The molecule has 0 bridgehead atoms. The molecule has 0 aromatic rings. The first kappa shape index (κ1) is 33.6. The van der Waals surface area contributed by atoms with Gasteiger partial charge in [0.05, 0.1) is 12.2 Å². The fraction of sp³-hybridized carbons (Fsp3) is 0.926. The summed E-state index contributed by atoms with van der Waals surface area (Å²) in [6.07, 6.45) is 20.3. The first-order valence-electron chi connectivity index (χ1n) is 14.3. The Bertz CT molecular complexity index is 515. The molecule has 0 aliphatic heterocycles. The van der Waals surface area contributed by atoms with Crippen LogP contribution in [0, 0.1) is 0 Å². The van der Waals surface area contributed by atoms with Crippen molar-refractivity contribution in [1.82, 2.24) is 5.32 Å². The molecule has 35 heavy (non-hydrogen) atoms. The van der Waals surface area contributed by atoms with Gasteiger partial charge >= 0.3 is 5.97 Å². The minimum Gasteiger partial charge on any atom is -0.480 e. The van der Waals surface area contributed by atoms with Crippen LogP contribution in [-0.4, -0.2) is 58.6 Å². The molecule has 0 heterocycles. The van der Waals surface area contributed by atoms with Crippen LogP contribution in [0.4, 0.5) is 0 Å². The van der Waals surface area contributed by atoms with E-state index in [4.69, 9.17) is 11.5 Å². The van der Waals surface area contributed by atoms with E-state index in [9.17, 15) is 20.1 Å². The zero-order chi connectivity index (χ0) is 26.2. The molecule has 0 rings (SSSR count). The van der Waals surface area contributed by atoms with E-state index in [0.717, 1.165) is 19.3 Å². The lowest BCUT2D eigenvalue weighted by atomic mass is 10.0. The van der Waals surface area contributed by atoms with Gasteiger partial charge in [0.25, 0.3) is 0 Å². The standard InChI is InChI=1S/C27H56N4O4/c1-2-3-4-5-6-7-8-9-10-11-12-13-14-15-16-17-20-24(32)25(33)22-31-23(26(34)35)19-18-21-30-27(28)29/h23-25,31-33H,2-22H2,1H3,(H,34,35)(H4,28,29,30)/t23-,24?,25?/m0/s1. The lowest BCUT2D eigenvalue weighted by Gasteiger charge is -2.21. The number of carboxylic acids is 1. The monoisotopic (exact) mass is 500 g/mol. The normalized spacial score (nSPS) is 13.9. The van der Waals surface area contributed by atoms with Gasteiger partial charge in [-0.05, 0) is 19.3 Å². The number of unbranched alkanes of at least 4 members (excludes halogenated alkanes) is 15. The molecule has 208 valence electrons. The zero-order valence-electron chi connectivity index (χ0n) is 22.4. The van der Waals surface area contributed by atoms with Crippen LogP contribution in [0.3, 0.4) is 0 Å². The molecule has 0 aromatic heterocycles. The van der Waals surface area contributed by atoms with Gasteiger partial charge in [0.15, 0.2) is 5.96 Å². The summed E-state index contributed by atoms with van der Waals surface area (Å²) >= 11 is 0. The van der Waals surface area contributed by atoms with Crippen molar-refractivity contribution in [3.05, 3.63) is 0 Å². The van der Waals surface area contributed by atoms with Crippen LogP contribution >= 0.6 is 0 Å². The van der Waals surface area contributed by atoms with Crippen LogP contribution in [0.15, 0.2) is 4.99 Å². The highest BCUT2D eigenvalue weighted by Crippen LogP contribution is 2.15. The van der Waals surface area contributed by atoms with Crippen molar-refractivity contribution in [3.63, 3.8) is 0 Å². The van der Waals surface area contributed by atoms with Gasteiger partial charge in [-0.25, -0.2) is 0 Å². The predicted molar refractivity (Wildman–Crippen MR) is 146 cm³/mol. The molecular formula is C27H56N4O4. The summed E-state index contributed by atoms with van der Waals surface area (Å²) in [6.45, 7) is 2.66. The largest absolute Gasteiger partial charge is 0.480 e. The van der Waals surface area contributed by atoms with Gasteiger partial charge in [0.1, 0.15) is 6.04 Å². The summed E-state index contributed by atoms with van der Waals surface area (Å²) in [6, 6.07) is -0.804. The topological polar surface area (TPSA) is 154 Å². The Morgan fingerprint density at radius 1 is 0.714 bits per heavy atom. The lowest BCUT2D eigenvalue weighted by Crippen LogP contribution is -2.44. The molecule has 0 saturated heterocycles. The Hall–Kier alpha value is -1.38. The number of aliphatic hydroxyl groups excluding tert-OH is 2. The van der Waals surface area contributed by atoms with Crippen molar-refractivity contribution in [2.24, 2.45) is 16.5 Å². The lowest BCUT2D eigenvalue weighted by molar-refractivity contribution is -0.139. The van der Waals surface area contributed by atoms with Gasteiger partial charge in [-0.15, -0.1) is 0 Å². The number of carbonyl (C=O) groups is 1. The van der Waals surface area contributed by atoms with Crippen LogP contribution in [0.25, 0.3) is 0 Å². The van der Waals surface area contributed by atoms with E-state index in [2.05, 4.69) is 17.2 Å². The Kier molecular flexibility index (Phi) is 23.4. The van der Waals surface area contributed by atoms with Crippen LogP contribution in [0.5, 0.6) is 0 Å². The second-order valence-corrected chi connectivity index (χ2v) is 9.97. The summed E-state index contributed by atoms with van der Waals surface area (Å²) < 4.78 is 0. The summed E-state index contributed by atoms with van der Waals surface area (Å²) in [5, 5.41) is 32.5. The Morgan fingerprint density at radius 2 is 1.17 bits per heavy atom. The minimum atomic E-state index is -0.991. The number of aliphatic imine (C=N–C) groups is 1. The summed E-state index contributed by atoms with van der Waals surface area (Å²) in [5.74, 6) is -1.01. The van der Waals surface area contributed by atoms with E-state index in [1.54, 1.807) is 0 Å². The highest BCUT2D eigenvalue weighted by Gasteiger charge is 2.21. The smallest absolute Gasteiger partial charge is 0.320 e. The summed E-state index contributed by atoms with van der Waals surface area (Å²) in [5.41, 5.74) is 10.5. The molecule has 0 amide bonds. The van der Waals surface area contributed by atoms with Crippen LogP contribution in [0.1, 0.15) is 129 Å². The maximum absolute atomic E-state index is 11.4. The third kappa shape index (κ3) is 22.8. The second kappa shape index (κ2) is 24.3. The van der Waals surface area contributed by atoms with Crippen molar-refractivity contribution in [2.75, 3.05) is 13.1 Å². The SMILES string of the molecule is CCCCCCCCCCCCCCCCCCC(O)C(O)CN[C@@H](CCCN=C(N)N)C(=O)O. The van der Waals surface area contributed by atoms with E-state index in [1.165, 1.54) is 83.5 Å². The van der Waals surface area contributed by atoms with Crippen molar-refractivity contribution in [2.45, 2.75) is 147 Å². The minimum absolute atomic E-state index is 0.0162. The number of nitrogens with two attached hydrogens (primary N) is 2. The predicted octanol–water partition coefficient (Wildman–Crippen LogP) is 4.46. The molecule has 0 spiro atoms. The summed E-state index contributed by atoms with van der Waals surface area (Å²) in [4.78, 5) is 15.2. The van der Waals surface area contributed by atoms with Gasteiger partial charge in [-0.2, -0.15) is 0 Å². The van der Waals surface area contributed by atoms with Gasteiger partial charge in [-0.1, -0.05) is 110 Å². The zero-order valence-corrected chi connectivity index (χ0v) is 22.4. The highest BCUT2D eigenvalue weighted by atomic mass is 16.4. The molecule has 0 aromatic carbocycles. The van der Waals surface area contributed by atoms with Gasteiger partial charge in [0.2, 0.25) is 0 Å². The Labute approximate surface area is 214 Å².